The number of hydrogen-bond acceptors (Lipinski definition) is 4. The second-order valence-corrected chi connectivity index (χ2v) is 4.90. The summed E-state index contributed by atoms with van der Waals surface area (Å²) in [4.78, 5) is 24.7. The molecule has 6 heteroatoms. The Balaban J connectivity index is 2.13. The third-order valence-electron chi connectivity index (χ3n) is 3.51. The maximum absolute atomic E-state index is 11.6. The highest BCUT2D eigenvalue weighted by Gasteiger charge is 2.32. The summed E-state index contributed by atoms with van der Waals surface area (Å²) in [5, 5.41) is 9.26. The van der Waals surface area contributed by atoms with Crippen molar-refractivity contribution >= 4 is 23.3 Å². The summed E-state index contributed by atoms with van der Waals surface area (Å²) in [5.41, 5.74) is 7.03. The summed E-state index contributed by atoms with van der Waals surface area (Å²) in [7, 11) is 0. The number of hydrogen-bond donors (Lipinski definition) is 2. The molecule has 2 aromatic carbocycles. The number of carbonyl (C=O) groups is 2. The number of nitrogens with two attached hydrogens (primary N) is 1. The van der Waals surface area contributed by atoms with E-state index in [1.807, 2.05) is 12.1 Å². The van der Waals surface area contributed by atoms with Crippen LogP contribution >= 0.6 is 0 Å². The fourth-order valence-corrected chi connectivity index (χ4v) is 2.51. The summed E-state index contributed by atoms with van der Waals surface area (Å²) in [5.74, 6) is -1.16. The van der Waals surface area contributed by atoms with Crippen molar-refractivity contribution < 1.29 is 19.4 Å². The molecule has 0 fully saturated rings. The van der Waals surface area contributed by atoms with Gasteiger partial charge in [-0.15, -0.1) is 0 Å². The van der Waals surface area contributed by atoms with E-state index in [2.05, 4.69) is 0 Å². The van der Waals surface area contributed by atoms with Crippen LogP contribution in [0.25, 0.3) is 0 Å². The second kappa shape index (κ2) is 5.40. The molecule has 0 aliphatic carbocycles. The van der Waals surface area contributed by atoms with E-state index in [1.165, 1.54) is 0 Å². The van der Waals surface area contributed by atoms with Crippen molar-refractivity contribution in [2.45, 2.75) is 6.10 Å². The number of carboxylic acids is 1. The number of rotatable bonds is 3. The van der Waals surface area contributed by atoms with Crippen molar-refractivity contribution in [3.05, 3.63) is 54.1 Å². The lowest BCUT2D eigenvalue weighted by Gasteiger charge is -2.35. The summed E-state index contributed by atoms with van der Waals surface area (Å²) >= 11 is 0. The highest BCUT2D eigenvalue weighted by molar-refractivity contribution is 6.00. The summed E-state index contributed by atoms with van der Waals surface area (Å²) in [6.45, 7) is 0.0939. The van der Waals surface area contributed by atoms with E-state index in [9.17, 15) is 14.7 Å². The van der Waals surface area contributed by atoms with Crippen molar-refractivity contribution in [3.8, 4) is 5.75 Å². The Kier molecular flexibility index (Phi) is 3.42. The Bertz CT molecular complexity index is 744. The van der Waals surface area contributed by atoms with E-state index in [1.54, 1.807) is 41.3 Å². The van der Waals surface area contributed by atoms with Crippen LogP contribution in [0.4, 0.5) is 11.4 Å². The van der Waals surface area contributed by atoms with E-state index in [4.69, 9.17) is 10.5 Å². The first kappa shape index (κ1) is 13.9. The predicted octanol–water partition coefficient (Wildman–Crippen LogP) is 1.77. The minimum absolute atomic E-state index is 0.0939. The van der Waals surface area contributed by atoms with Gasteiger partial charge >= 0.3 is 5.97 Å². The number of nitrogens with zero attached hydrogens (tertiary/aromatic N) is 1. The first-order valence-corrected chi connectivity index (χ1v) is 6.73. The van der Waals surface area contributed by atoms with Gasteiger partial charge in [-0.05, 0) is 24.3 Å². The van der Waals surface area contributed by atoms with Crippen LogP contribution in [0.1, 0.15) is 10.4 Å². The van der Waals surface area contributed by atoms with Gasteiger partial charge in [0.2, 0.25) is 6.10 Å². The molecular weight excluding hydrogens is 284 g/mol. The fourth-order valence-electron chi connectivity index (χ4n) is 2.51. The molecule has 0 saturated heterocycles. The standard InChI is InChI=1S/C16H14N2O4/c17-15(19)10-5-1-2-6-11(10)18-9-14(16(20)21)22-13-8-4-3-7-12(13)18/h1-8,14H,9H2,(H2,17,19)(H,20,21). The molecule has 0 radical (unpaired) electrons. The van der Waals surface area contributed by atoms with Gasteiger partial charge in [-0.3, -0.25) is 4.79 Å². The number of ether oxygens (including phenoxy) is 1. The normalized spacial score (nSPS) is 16.5. The minimum Gasteiger partial charge on any atom is -0.478 e. The zero-order valence-electron chi connectivity index (χ0n) is 11.6. The molecule has 1 unspecified atom stereocenters. The molecule has 1 aliphatic rings. The lowest BCUT2D eigenvalue weighted by molar-refractivity contribution is -0.144. The van der Waals surface area contributed by atoms with Crippen LogP contribution in [0, 0.1) is 0 Å². The average molecular weight is 298 g/mol. The molecule has 3 rings (SSSR count). The van der Waals surface area contributed by atoms with Gasteiger partial charge in [-0.2, -0.15) is 0 Å². The molecule has 2 aromatic rings. The van der Waals surface area contributed by atoms with Crippen LogP contribution in [0.2, 0.25) is 0 Å². The van der Waals surface area contributed by atoms with Gasteiger partial charge in [0.25, 0.3) is 5.91 Å². The van der Waals surface area contributed by atoms with Gasteiger partial charge < -0.3 is 20.5 Å². The second-order valence-electron chi connectivity index (χ2n) is 4.90. The van der Waals surface area contributed by atoms with E-state index >= 15 is 0 Å². The third-order valence-corrected chi connectivity index (χ3v) is 3.51. The largest absolute Gasteiger partial charge is 0.478 e. The van der Waals surface area contributed by atoms with Gasteiger partial charge in [0.15, 0.2) is 0 Å². The fraction of sp³-hybridized carbons (Fsp3) is 0.125. The first-order chi connectivity index (χ1) is 10.6. The molecule has 1 heterocycles. The molecule has 1 amide bonds. The number of carbonyl (C=O) groups excluding carboxylic acids is 1. The molecule has 0 saturated carbocycles. The van der Waals surface area contributed by atoms with Crippen molar-refractivity contribution in [1.82, 2.24) is 0 Å². The number of benzene rings is 2. The number of primary amides is 1. The van der Waals surface area contributed by atoms with E-state index in [-0.39, 0.29) is 6.54 Å². The van der Waals surface area contributed by atoms with E-state index in [0.717, 1.165) is 0 Å². The predicted molar refractivity (Wildman–Crippen MR) is 80.5 cm³/mol. The van der Waals surface area contributed by atoms with Crippen LogP contribution in [0.3, 0.4) is 0 Å². The summed E-state index contributed by atoms with van der Waals surface area (Å²) in [6, 6.07) is 13.9. The number of fused-ring (bicyclic) bond motifs is 1. The van der Waals surface area contributed by atoms with Gasteiger partial charge in [0.1, 0.15) is 5.75 Å². The Hall–Kier alpha value is -3.02. The molecule has 112 valence electrons. The van der Waals surface area contributed by atoms with Crippen molar-refractivity contribution in [2.75, 3.05) is 11.4 Å². The molecule has 22 heavy (non-hydrogen) atoms. The summed E-state index contributed by atoms with van der Waals surface area (Å²) in [6.07, 6.45) is -1.02. The SMILES string of the molecule is NC(=O)c1ccccc1N1CC(C(=O)O)Oc2ccccc21. The van der Waals surface area contributed by atoms with Crippen LogP contribution in [0.5, 0.6) is 5.75 Å². The molecular formula is C16H14N2O4. The first-order valence-electron chi connectivity index (χ1n) is 6.73. The molecule has 3 N–H and O–H groups in total. The number of aliphatic carboxylic acids is 1. The Labute approximate surface area is 126 Å². The van der Waals surface area contributed by atoms with Gasteiger partial charge in [0, 0.05) is 0 Å². The quantitative estimate of drug-likeness (QED) is 0.900. The third kappa shape index (κ3) is 2.35. The highest BCUT2D eigenvalue weighted by atomic mass is 16.5. The molecule has 1 aliphatic heterocycles. The Morgan fingerprint density at radius 2 is 1.73 bits per heavy atom. The van der Waals surface area contributed by atoms with Crippen LogP contribution in [-0.2, 0) is 4.79 Å². The monoisotopic (exact) mass is 298 g/mol. The zero-order chi connectivity index (χ0) is 15.7. The van der Waals surface area contributed by atoms with Crippen molar-refractivity contribution in [3.63, 3.8) is 0 Å². The molecule has 1 atom stereocenters. The van der Waals surface area contributed by atoms with E-state index in [0.29, 0.717) is 22.7 Å². The summed E-state index contributed by atoms with van der Waals surface area (Å²) < 4.78 is 5.49. The number of para-hydroxylation sites is 3. The molecule has 0 aromatic heterocycles. The van der Waals surface area contributed by atoms with E-state index < -0.39 is 18.0 Å². The van der Waals surface area contributed by atoms with Crippen molar-refractivity contribution in [1.29, 1.82) is 0 Å². The van der Waals surface area contributed by atoms with Crippen LogP contribution in [0.15, 0.2) is 48.5 Å². The average Bonchev–Trinajstić information content (AvgIpc) is 2.53. The van der Waals surface area contributed by atoms with Gasteiger partial charge in [-0.25, -0.2) is 4.79 Å². The lowest BCUT2D eigenvalue weighted by atomic mass is 10.1. The minimum atomic E-state index is -1.06. The zero-order valence-corrected chi connectivity index (χ0v) is 11.6. The Morgan fingerprint density at radius 3 is 2.41 bits per heavy atom. The number of anilines is 2. The maximum Gasteiger partial charge on any atom is 0.346 e. The van der Waals surface area contributed by atoms with Crippen molar-refractivity contribution in [2.24, 2.45) is 5.73 Å². The topological polar surface area (TPSA) is 92.9 Å². The molecule has 6 nitrogen and oxygen atoms in total. The van der Waals surface area contributed by atoms with Gasteiger partial charge in [0.05, 0.1) is 23.5 Å². The smallest absolute Gasteiger partial charge is 0.346 e. The molecule has 0 spiro atoms. The lowest BCUT2D eigenvalue weighted by Crippen LogP contribution is -2.42. The Morgan fingerprint density at radius 1 is 1.09 bits per heavy atom. The number of carboxylic acid groups (broad SMARTS) is 1. The number of amides is 1. The highest BCUT2D eigenvalue weighted by Crippen LogP contribution is 2.39. The molecule has 0 bridgehead atoms. The van der Waals surface area contributed by atoms with Crippen LogP contribution < -0.4 is 15.4 Å². The van der Waals surface area contributed by atoms with Crippen LogP contribution in [-0.4, -0.2) is 29.6 Å². The maximum atomic E-state index is 11.6. The van der Waals surface area contributed by atoms with Gasteiger partial charge in [-0.1, -0.05) is 24.3 Å².